The molecule has 0 radical (unpaired) electrons. The number of benzene rings is 1. The van der Waals surface area contributed by atoms with Crippen LogP contribution in [0.2, 0.25) is 0 Å². The number of hydrogen-bond donors (Lipinski definition) is 1. The number of carbonyl (C=O) groups excluding carboxylic acids is 1. The van der Waals surface area contributed by atoms with Crippen molar-refractivity contribution in [2.24, 2.45) is 0 Å². The van der Waals surface area contributed by atoms with Crippen LogP contribution in [0.5, 0.6) is 0 Å². The average molecular weight is 468 g/mol. The fraction of sp³-hybridized carbons (Fsp3) is 0.381. The molecule has 0 unspecified atom stereocenters. The molecular weight excluding hydrogens is 447 g/mol. The predicted octanol–water partition coefficient (Wildman–Crippen LogP) is 5.71. The largest absolute Gasteiger partial charge is 0.418 e. The number of fused-ring (bicyclic) bond motifs is 1. The van der Waals surface area contributed by atoms with E-state index in [1.807, 2.05) is 0 Å². The van der Waals surface area contributed by atoms with Gasteiger partial charge in [-0.1, -0.05) is 43.2 Å². The van der Waals surface area contributed by atoms with Gasteiger partial charge < -0.3 is 5.32 Å². The van der Waals surface area contributed by atoms with Crippen LogP contribution in [0.15, 0.2) is 45.7 Å². The molecule has 1 aliphatic carbocycles. The van der Waals surface area contributed by atoms with Crippen LogP contribution in [0.3, 0.4) is 0 Å². The fourth-order valence-corrected chi connectivity index (χ4v) is 5.46. The summed E-state index contributed by atoms with van der Waals surface area (Å²) in [7, 11) is 0. The van der Waals surface area contributed by atoms with E-state index in [1.165, 1.54) is 29.5 Å². The number of alkyl halides is 3. The molecule has 1 amide bonds. The third-order valence-corrected chi connectivity index (χ3v) is 7.10. The number of thiophene rings is 1. The Balaban J connectivity index is 1.56. The topological polar surface area (TPSA) is 64.0 Å². The molecule has 4 rings (SSSR count). The first kappa shape index (κ1) is 21.9. The second kappa shape index (κ2) is 9.04. The maximum absolute atomic E-state index is 13.2. The SMILES string of the molecule is O=C(CSc1nc2ccsc2c(=O)n1C1CCCCC1)Nc1ccccc1C(F)(F)F. The first-order valence-corrected chi connectivity index (χ1v) is 11.8. The molecule has 1 aromatic carbocycles. The maximum atomic E-state index is 13.2. The van der Waals surface area contributed by atoms with Crippen molar-refractivity contribution >= 4 is 44.9 Å². The molecule has 31 heavy (non-hydrogen) atoms. The van der Waals surface area contributed by atoms with Gasteiger partial charge in [0.05, 0.1) is 22.5 Å². The number of anilines is 1. The van der Waals surface area contributed by atoms with Gasteiger partial charge in [0.2, 0.25) is 5.91 Å². The predicted molar refractivity (Wildman–Crippen MR) is 117 cm³/mol. The Labute approximate surface area is 184 Å². The molecule has 0 aliphatic heterocycles. The van der Waals surface area contributed by atoms with E-state index >= 15 is 0 Å². The standard InChI is InChI=1S/C21H20F3N3O2S2/c22-21(23,24)14-8-4-5-9-15(14)25-17(28)12-31-20-26-16-10-11-30-18(16)19(29)27(20)13-6-2-1-3-7-13/h4-5,8-11,13H,1-3,6-7,12H2,(H,25,28). The highest BCUT2D eigenvalue weighted by molar-refractivity contribution is 7.99. The minimum Gasteiger partial charge on any atom is -0.325 e. The van der Waals surface area contributed by atoms with Gasteiger partial charge in [0, 0.05) is 6.04 Å². The van der Waals surface area contributed by atoms with Gasteiger partial charge in [-0.2, -0.15) is 13.2 Å². The quantitative estimate of drug-likeness (QED) is 0.385. The van der Waals surface area contributed by atoms with Crippen LogP contribution < -0.4 is 10.9 Å². The molecular formula is C21H20F3N3O2S2. The zero-order chi connectivity index (χ0) is 22.0. The number of nitrogens with zero attached hydrogens (tertiary/aromatic N) is 2. The van der Waals surface area contributed by atoms with E-state index in [4.69, 9.17) is 0 Å². The lowest BCUT2D eigenvalue weighted by Crippen LogP contribution is -2.29. The van der Waals surface area contributed by atoms with Crippen LogP contribution in [0, 0.1) is 0 Å². The Morgan fingerprint density at radius 1 is 1.19 bits per heavy atom. The normalized spacial score (nSPS) is 15.3. The van der Waals surface area contributed by atoms with Gasteiger partial charge in [0.15, 0.2) is 5.16 Å². The highest BCUT2D eigenvalue weighted by Gasteiger charge is 2.33. The molecule has 3 aromatic rings. The molecule has 10 heteroatoms. The molecule has 0 saturated heterocycles. The Hall–Kier alpha value is -2.33. The van der Waals surface area contributed by atoms with Crippen LogP contribution in [0.4, 0.5) is 18.9 Å². The Kier molecular flexibility index (Phi) is 6.38. The van der Waals surface area contributed by atoms with Gasteiger partial charge in [0.1, 0.15) is 4.70 Å². The zero-order valence-electron chi connectivity index (χ0n) is 16.4. The maximum Gasteiger partial charge on any atom is 0.418 e. The lowest BCUT2D eigenvalue weighted by molar-refractivity contribution is -0.137. The van der Waals surface area contributed by atoms with Crippen molar-refractivity contribution in [3.8, 4) is 0 Å². The molecule has 2 heterocycles. The minimum atomic E-state index is -4.57. The summed E-state index contributed by atoms with van der Waals surface area (Å²) in [6, 6.07) is 6.64. The van der Waals surface area contributed by atoms with Gasteiger partial charge in [-0.05, 0) is 36.4 Å². The molecule has 2 aromatic heterocycles. The van der Waals surface area contributed by atoms with Crippen molar-refractivity contribution in [3.63, 3.8) is 0 Å². The van der Waals surface area contributed by atoms with Crippen molar-refractivity contribution in [2.75, 3.05) is 11.1 Å². The summed E-state index contributed by atoms with van der Waals surface area (Å²) in [6.45, 7) is 0. The molecule has 5 nitrogen and oxygen atoms in total. The van der Waals surface area contributed by atoms with Crippen molar-refractivity contribution in [3.05, 3.63) is 51.6 Å². The van der Waals surface area contributed by atoms with Crippen LogP contribution in [-0.4, -0.2) is 21.2 Å². The molecule has 1 N–H and O–H groups in total. The Bertz CT molecular complexity index is 1150. The monoisotopic (exact) mass is 467 g/mol. The van der Waals surface area contributed by atoms with Gasteiger partial charge in [0.25, 0.3) is 5.56 Å². The highest BCUT2D eigenvalue weighted by atomic mass is 32.2. The number of halogens is 3. The lowest BCUT2D eigenvalue weighted by Gasteiger charge is -2.25. The molecule has 0 bridgehead atoms. The van der Waals surface area contributed by atoms with E-state index in [0.717, 1.165) is 49.9 Å². The first-order chi connectivity index (χ1) is 14.8. The molecule has 1 aliphatic rings. The van der Waals surface area contributed by atoms with Crippen molar-refractivity contribution in [1.29, 1.82) is 0 Å². The van der Waals surface area contributed by atoms with Crippen molar-refractivity contribution in [1.82, 2.24) is 9.55 Å². The molecule has 0 atom stereocenters. The number of thioether (sulfide) groups is 1. The van der Waals surface area contributed by atoms with Gasteiger partial charge in [-0.15, -0.1) is 11.3 Å². The molecule has 1 saturated carbocycles. The summed E-state index contributed by atoms with van der Waals surface area (Å²) in [5.41, 5.74) is -0.721. The first-order valence-electron chi connectivity index (χ1n) is 9.93. The molecule has 164 valence electrons. The third-order valence-electron chi connectivity index (χ3n) is 5.26. The summed E-state index contributed by atoms with van der Waals surface area (Å²) in [6.07, 6.45) is 0.360. The number of rotatable bonds is 5. The second-order valence-electron chi connectivity index (χ2n) is 7.38. The minimum absolute atomic E-state index is 0.0248. The van der Waals surface area contributed by atoms with E-state index in [9.17, 15) is 22.8 Å². The molecule has 0 spiro atoms. The van der Waals surface area contributed by atoms with E-state index < -0.39 is 17.6 Å². The molecule has 1 fully saturated rings. The van der Waals surface area contributed by atoms with Gasteiger partial charge in [-0.3, -0.25) is 14.2 Å². The summed E-state index contributed by atoms with van der Waals surface area (Å²) in [5, 5.41) is 4.58. The Morgan fingerprint density at radius 3 is 2.68 bits per heavy atom. The van der Waals surface area contributed by atoms with E-state index in [1.54, 1.807) is 16.0 Å². The van der Waals surface area contributed by atoms with Crippen LogP contribution in [0.1, 0.15) is 43.7 Å². The van der Waals surface area contributed by atoms with E-state index in [0.29, 0.717) is 15.4 Å². The van der Waals surface area contributed by atoms with E-state index in [-0.39, 0.29) is 23.0 Å². The summed E-state index contributed by atoms with van der Waals surface area (Å²) in [5.74, 6) is -0.738. The third kappa shape index (κ3) is 4.79. The van der Waals surface area contributed by atoms with Gasteiger partial charge in [-0.25, -0.2) is 4.98 Å². The van der Waals surface area contributed by atoms with Crippen molar-refractivity contribution in [2.45, 2.75) is 49.5 Å². The number of aromatic nitrogens is 2. The average Bonchev–Trinajstić information content (AvgIpc) is 3.21. The van der Waals surface area contributed by atoms with Crippen LogP contribution >= 0.6 is 23.1 Å². The number of para-hydroxylation sites is 1. The zero-order valence-corrected chi connectivity index (χ0v) is 18.1. The number of carbonyl (C=O) groups is 1. The van der Waals surface area contributed by atoms with Crippen LogP contribution in [0.25, 0.3) is 10.2 Å². The smallest absolute Gasteiger partial charge is 0.325 e. The fourth-order valence-electron chi connectivity index (χ4n) is 3.82. The van der Waals surface area contributed by atoms with Crippen molar-refractivity contribution < 1.29 is 18.0 Å². The number of nitrogens with one attached hydrogen (secondary N) is 1. The second-order valence-corrected chi connectivity index (χ2v) is 9.24. The Morgan fingerprint density at radius 2 is 1.94 bits per heavy atom. The number of amides is 1. The van der Waals surface area contributed by atoms with E-state index in [2.05, 4.69) is 10.3 Å². The summed E-state index contributed by atoms with van der Waals surface area (Å²) < 4.78 is 41.8. The summed E-state index contributed by atoms with van der Waals surface area (Å²) >= 11 is 2.42. The van der Waals surface area contributed by atoms with Gasteiger partial charge >= 0.3 is 6.18 Å². The highest BCUT2D eigenvalue weighted by Crippen LogP contribution is 2.35. The summed E-state index contributed by atoms with van der Waals surface area (Å²) in [4.78, 5) is 30.1. The number of hydrogen-bond acceptors (Lipinski definition) is 5. The van der Waals surface area contributed by atoms with Crippen LogP contribution in [-0.2, 0) is 11.0 Å². The lowest BCUT2D eigenvalue weighted by atomic mass is 9.95.